The third-order valence-electron chi connectivity index (χ3n) is 4.02. The van der Waals surface area contributed by atoms with E-state index in [2.05, 4.69) is 26.2 Å². The Morgan fingerprint density at radius 1 is 1.50 bits per heavy atom. The van der Waals surface area contributed by atoms with Crippen LogP contribution in [-0.4, -0.2) is 20.6 Å². The summed E-state index contributed by atoms with van der Waals surface area (Å²) in [6, 6.07) is 7.65. The van der Waals surface area contributed by atoms with Gasteiger partial charge in [0.15, 0.2) is 0 Å². The van der Waals surface area contributed by atoms with E-state index in [1.807, 2.05) is 37.4 Å². The molecule has 3 rings (SSSR count). The molecule has 0 saturated heterocycles. The molecule has 2 heterocycles. The lowest BCUT2D eigenvalue weighted by Crippen LogP contribution is -2.34. The molecule has 124 valence electrons. The van der Waals surface area contributed by atoms with Crippen molar-refractivity contribution in [3.05, 3.63) is 62.9 Å². The molecule has 0 radical (unpaired) electrons. The van der Waals surface area contributed by atoms with Crippen LogP contribution in [0.25, 0.3) is 5.57 Å². The van der Waals surface area contributed by atoms with Crippen LogP contribution in [0.3, 0.4) is 0 Å². The topological polar surface area (TPSA) is 84.2 Å². The van der Waals surface area contributed by atoms with Crippen molar-refractivity contribution in [1.29, 1.82) is 0 Å². The van der Waals surface area contributed by atoms with Crippen LogP contribution in [0.15, 0.2) is 45.9 Å². The molecular formula is C17H16BrN3O3. The van der Waals surface area contributed by atoms with Crippen LogP contribution < -0.4 is 10.9 Å². The maximum atomic E-state index is 12.4. The molecule has 1 aliphatic heterocycles. The van der Waals surface area contributed by atoms with Crippen LogP contribution >= 0.6 is 15.9 Å². The number of fused-ring (bicyclic) bond motifs is 1. The summed E-state index contributed by atoms with van der Waals surface area (Å²) in [6.07, 6.45) is 4.48. The zero-order chi connectivity index (χ0) is 17.3. The zero-order valence-electron chi connectivity index (χ0n) is 13.0. The van der Waals surface area contributed by atoms with Gasteiger partial charge in [0, 0.05) is 34.2 Å². The number of hydrogen-bond acceptors (Lipinski definition) is 4. The van der Waals surface area contributed by atoms with Crippen molar-refractivity contribution in [3.8, 4) is 0 Å². The Bertz CT molecular complexity index is 889. The van der Waals surface area contributed by atoms with Crippen molar-refractivity contribution in [3.63, 3.8) is 0 Å². The monoisotopic (exact) mass is 389 g/mol. The Morgan fingerprint density at radius 2 is 2.29 bits per heavy atom. The largest absolute Gasteiger partial charge is 0.477 e. The van der Waals surface area contributed by atoms with Crippen LogP contribution in [0.2, 0.25) is 0 Å². The van der Waals surface area contributed by atoms with Gasteiger partial charge in [-0.15, -0.1) is 0 Å². The Kier molecular flexibility index (Phi) is 4.53. The first-order valence-electron chi connectivity index (χ1n) is 7.53. The first-order chi connectivity index (χ1) is 11.5. The highest BCUT2D eigenvalue weighted by molar-refractivity contribution is 9.10. The average Bonchev–Trinajstić information content (AvgIpc) is 2.54. The lowest BCUT2D eigenvalue weighted by molar-refractivity contribution is 0.0693. The van der Waals surface area contributed by atoms with E-state index in [1.165, 1.54) is 4.57 Å². The Morgan fingerprint density at radius 3 is 3.00 bits per heavy atom. The van der Waals surface area contributed by atoms with Crippen molar-refractivity contribution >= 4 is 33.2 Å². The number of hydrogen-bond donors (Lipinski definition) is 2. The van der Waals surface area contributed by atoms with Crippen molar-refractivity contribution in [2.45, 2.75) is 25.8 Å². The van der Waals surface area contributed by atoms with E-state index in [9.17, 15) is 9.59 Å². The van der Waals surface area contributed by atoms with Gasteiger partial charge in [0.2, 0.25) is 0 Å². The molecule has 1 aliphatic rings. The van der Waals surface area contributed by atoms with Gasteiger partial charge < -0.3 is 10.4 Å². The number of carbonyl (C=O) groups is 1. The highest BCUT2D eigenvalue weighted by Gasteiger charge is 2.25. The molecule has 1 unspecified atom stereocenters. The quantitative estimate of drug-likeness (QED) is 0.838. The van der Waals surface area contributed by atoms with Gasteiger partial charge in [-0.3, -0.25) is 9.36 Å². The molecule has 7 heteroatoms. The van der Waals surface area contributed by atoms with Crippen LogP contribution in [0.1, 0.15) is 42.0 Å². The number of halogens is 1. The van der Waals surface area contributed by atoms with E-state index < -0.39 is 11.5 Å². The number of aromatic nitrogens is 2. The molecule has 0 aliphatic carbocycles. The lowest BCUT2D eigenvalue weighted by Gasteiger charge is -2.26. The number of carboxylic acid groups (broad SMARTS) is 1. The number of aromatic carboxylic acids is 1. The molecule has 0 fully saturated rings. The van der Waals surface area contributed by atoms with Gasteiger partial charge in [-0.05, 0) is 38.0 Å². The van der Waals surface area contributed by atoms with Crippen LogP contribution in [-0.2, 0) is 0 Å². The Hall–Kier alpha value is -2.41. The highest BCUT2D eigenvalue weighted by atomic mass is 79.9. The van der Waals surface area contributed by atoms with Crippen molar-refractivity contribution in [2.24, 2.45) is 0 Å². The molecule has 1 aromatic carbocycles. The van der Waals surface area contributed by atoms with E-state index in [1.54, 1.807) is 0 Å². The highest BCUT2D eigenvalue weighted by Crippen LogP contribution is 2.30. The molecular weight excluding hydrogens is 374 g/mol. The number of nitrogens with one attached hydrogen (secondary N) is 1. The second kappa shape index (κ2) is 6.60. The SMILES string of the molecule is CC1CCC(=CNc2cccc(Br)c2)c2ncc(C(=O)O)c(=O)n21. The second-order valence-electron chi connectivity index (χ2n) is 5.69. The molecule has 0 amide bonds. The number of allylic oxidation sites excluding steroid dienone is 1. The van der Waals surface area contributed by atoms with E-state index in [0.29, 0.717) is 5.82 Å². The van der Waals surface area contributed by atoms with Crippen LogP contribution in [0.4, 0.5) is 5.69 Å². The van der Waals surface area contributed by atoms with Gasteiger partial charge in [-0.1, -0.05) is 22.0 Å². The average molecular weight is 390 g/mol. The van der Waals surface area contributed by atoms with Crippen molar-refractivity contribution < 1.29 is 9.90 Å². The lowest BCUT2D eigenvalue weighted by atomic mass is 10.0. The number of rotatable bonds is 3. The fraction of sp³-hybridized carbons (Fsp3) is 0.235. The number of anilines is 1. The molecule has 0 saturated carbocycles. The minimum Gasteiger partial charge on any atom is -0.477 e. The van der Waals surface area contributed by atoms with E-state index >= 15 is 0 Å². The predicted octanol–water partition coefficient (Wildman–Crippen LogP) is 3.51. The molecule has 1 atom stereocenters. The summed E-state index contributed by atoms with van der Waals surface area (Å²) in [5.41, 5.74) is 0.980. The summed E-state index contributed by atoms with van der Waals surface area (Å²) in [5.74, 6) is -0.732. The van der Waals surface area contributed by atoms with E-state index in [0.717, 1.165) is 34.8 Å². The molecule has 24 heavy (non-hydrogen) atoms. The van der Waals surface area contributed by atoms with E-state index in [-0.39, 0.29) is 11.6 Å². The third kappa shape index (κ3) is 3.12. The molecule has 0 spiro atoms. The zero-order valence-corrected chi connectivity index (χ0v) is 14.6. The predicted molar refractivity (Wildman–Crippen MR) is 95.1 cm³/mol. The fourth-order valence-corrected chi connectivity index (χ4v) is 3.15. The summed E-state index contributed by atoms with van der Waals surface area (Å²) in [5, 5.41) is 12.3. The maximum Gasteiger partial charge on any atom is 0.342 e. The summed E-state index contributed by atoms with van der Waals surface area (Å²) in [7, 11) is 0. The fourth-order valence-electron chi connectivity index (χ4n) is 2.75. The van der Waals surface area contributed by atoms with Crippen LogP contribution in [0, 0.1) is 0 Å². The molecule has 1 aromatic heterocycles. The first kappa shape index (κ1) is 16.4. The van der Waals surface area contributed by atoms with Crippen molar-refractivity contribution in [2.75, 3.05) is 5.32 Å². The standard InChI is InChI=1S/C17H16BrN3O3/c1-10-5-6-11(8-19-13-4-2-3-12(18)7-13)15-20-9-14(17(23)24)16(22)21(10)15/h2-4,7-10,19H,5-6H2,1H3,(H,23,24). The summed E-state index contributed by atoms with van der Waals surface area (Å²) >= 11 is 3.42. The van der Waals surface area contributed by atoms with Gasteiger partial charge >= 0.3 is 5.97 Å². The number of carboxylic acids is 1. The number of benzene rings is 1. The van der Waals surface area contributed by atoms with Gasteiger partial charge in [-0.2, -0.15) is 0 Å². The van der Waals surface area contributed by atoms with Gasteiger partial charge in [0.25, 0.3) is 5.56 Å². The van der Waals surface area contributed by atoms with Gasteiger partial charge in [-0.25, -0.2) is 9.78 Å². The molecule has 0 bridgehead atoms. The first-order valence-corrected chi connectivity index (χ1v) is 8.33. The minimum atomic E-state index is -1.25. The van der Waals surface area contributed by atoms with Gasteiger partial charge in [0.1, 0.15) is 11.4 Å². The Labute approximate surface area is 147 Å². The molecule has 2 N–H and O–H groups in total. The van der Waals surface area contributed by atoms with E-state index in [4.69, 9.17) is 5.11 Å². The number of nitrogens with zero attached hydrogens (tertiary/aromatic N) is 2. The molecule has 2 aromatic rings. The molecule has 6 nitrogen and oxygen atoms in total. The van der Waals surface area contributed by atoms with Crippen LogP contribution in [0.5, 0.6) is 0 Å². The maximum absolute atomic E-state index is 12.4. The van der Waals surface area contributed by atoms with Crippen molar-refractivity contribution in [1.82, 2.24) is 9.55 Å². The Balaban J connectivity index is 2.00. The smallest absolute Gasteiger partial charge is 0.342 e. The summed E-state index contributed by atoms with van der Waals surface area (Å²) in [6.45, 7) is 1.90. The summed E-state index contributed by atoms with van der Waals surface area (Å²) < 4.78 is 2.44. The second-order valence-corrected chi connectivity index (χ2v) is 6.60. The normalized spacial score (nSPS) is 18.2. The van der Waals surface area contributed by atoms with Gasteiger partial charge in [0.05, 0.1) is 0 Å². The third-order valence-corrected chi connectivity index (χ3v) is 4.51. The minimum absolute atomic E-state index is 0.0812. The summed E-state index contributed by atoms with van der Waals surface area (Å²) in [4.78, 5) is 27.8.